The van der Waals surface area contributed by atoms with Crippen molar-refractivity contribution in [1.82, 2.24) is 0 Å². The number of nitrogens with two attached hydrogens (primary N) is 1. The van der Waals surface area contributed by atoms with Crippen LogP contribution in [0.15, 0.2) is 24.3 Å². The van der Waals surface area contributed by atoms with Crippen molar-refractivity contribution in [3.63, 3.8) is 0 Å². The highest BCUT2D eigenvalue weighted by atomic mass is 16.5. The van der Waals surface area contributed by atoms with Gasteiger partial charge in [0.15, 0.2) is 0 Å². The average molecular weight is 305 g/mol. The average Bonchev–Trinajstić information content (AvgIpc) is 2.45. The molecule has 0 spiro atoms. The Hall–Kier alpha value is -1.35. The summed E-state index contributed by atoms with van der Waals surface area (Å²) in [5, 5.41) is 0. The van der Waals surface area contributed by atoms with E-state index in [1.165, 1.54) is 18.2 Å². The van der Waals surface area contributed by atoms with Gasteiger partial charge in [0.2, 0.25) is 0 Å². The van der Waals surface area contributed by atoms with Crippen molar-refractivity contribution >= 4 is 5.97 Å². The highest BCUT2D eigenvalue weighted by molar-refractivity contribution is 5.75. The van der Waals surface area contributed by atoms with Gasteiger partial charge in [-0.1, -0.05) is 58.9 Å². The molecule has 0 aliphatic rings. The Labute approximate surface area is 135 Å². The Balaban J connectivity index is 2.77. The smallest absolute Gasteiger partial charge is 0.322 e. The van der Waals surface area contributed by atoms with Crippen molar-refractivity contribution < 1.29 is 9.53 Å². The SMILES string of the molecule is COC(=O)C(N)CC(Cc1ccc(C(C)(C)C)cc1)C(C)C. The standard InChI is InChI=1S/C19H31NO2/c1-13(2)15(12-17(20)18(21)22-6)11-14-7-9-16(10-8-14)19(3,4)5/h7-10,13,15,17H,11-12,20H2,1-6H3. The molecule has 2 atom stereocenters. The molecule has 2 unspecified atom stereocenters. The van der Waals surface area contributed by atoms with E-state index >= 15 is 0 Å². The molecule has 0 amide bonds. The van der Waals surface area contributed by atoms with Gasteiger partial charge >= 0.3 is 5.97 Å². The van der Waals surface area contributed by atoms with Gasteiger partial charge in [-0.15, -0.1) is 0 Å². The van der Waals surface area contributed by atoms with Crippen LogP contribution in [0.3, 0.4) is 0 Å². The second kappa shape index (κ2) is 7.77. The van der Waals surface area contributed by atoms with Crippen LogP contribution >= 0.6 is 0 Å². The largest absolute Gasteiger partial charge is 0.468 e. The molecule has 3 heteroatoms. The van der Waals surface area contributed by atoms with E-state index in [0.717, 1.165) is 6.42 Å². The summed E-state index contributed by atoms with van der Waals surface area (Å²) in [7, 11) is 1.39. The molecular weight excluding hydrogens is 274 g/mol. The first-order valence-electron chi connectivity index (χ1n) is 8.08. The number of ether oxygens (including phenoxy) is 1. The molecule has 22 heavy (non-hydrogen) atoms. The van der Waals surface area contributed by atoms with Crippen molar-refractivity contribution in [2.75, 3.05) is 7.11 Å². The van der Waals surface area contributed by atoms with E-state index < -0.39 is 6.04 Å². The molecule has 0 aromatic heterocycles. The van der Waals surface area contributed by atoms with Gasteiger partial charge in [0, 0.05) is 0 Å². The number of carbonyl (C=O) groups excluding carboxylic acids is 1. The van der Waals surface area contributed by atoms with Gasteiger partial charge in [-0.2, -0.15) is 0 Å². The maximum atomic E-state index is 11.5. The molecule has 0 aliphatic heterocycles. The molecule has 0 heterocycles. The fourth-order valence-corrected chi connectivity index (χ4v) is 2.61. The monoisotopic (exact) mass is 305 g/mol. The maximum absolute atomic E-state index is 11.5. The third kappa shape index (κ3) is 5.45. The van der Waals surface area contributed by atoms with E-state index in [4.69, 9.17) is 10.5 Å². The van der Waals surface area contributed by atoms with E-state index in [2.05, 4.69) is 58.9 Å². The molecule has 1 rings (SSSR count). The van der Waals surface area contributed by atoms with Crippen molar-refractivity contribution in [3.05, 3.63) is 35.4 Å². The van der Waals surface area contributed by atoms with Crippen molar-refractivity contribution in [1.29, 1.82) is 0 Å². The third-order valence-electron chi connectivity index (χ3n) is 4.32. The van der Waals surface area contributed by atoms with Crippen LogP contribution in [0.1, 0.15) is 52.2 Å². The van der Waals surface area contributed by atoms with Crippen LogP contribution in [-0.4, -0.2) is 19.1 Å². The fourth-order valence-electron chi connectivity index (χ4n) is 2.61. The van der Waals surface area contributed by atoms with Gasteiger partial charge in [-0.25, -0.2) is 0 Å². The molecule has 3 nitrogen and oxygen atoms in total. The number of carbonyl (C=O) groups is 1. The molecule has 0 bridgehead atoms. The summed E-state index contributed by atoms with van der Waals surface area (Å²) >= 11 is 0. The van der Waals surface area contributed by atoms with E-state index in [0.29, 0.717) is 18.3 Å². The zero-order chi connectivity index (χ0) is 16.9. The lowest BCUT2D eigenvalue weighted by Crippen LogP contribution is -2.35. The van der Waals surface area contributed by atoms with Crippen LogP contribution in [0.25, 0.3) is 0 Å². The zero-order valence-electron chi connectivity index (χ0n) is 14.8. The van der Waals surface area contributed by atoms with Crippen LogP contribution in [-0.2, 0) is 21.4 Å². The topological polar surface area (TPSA) is 52.3 Å². The Bertz CT molecular complexity index is 471. The van der Waals surface area contributed by atoms with Crippen LogP contribution in [0, 0.1) is 11.8 Å². The van der Waals surface area contributed by atoms with Gasteiger partial charge in [0.05, 0.1) is 7.11 Å². The minimum Gasteiger partial charge on any atom is -0.468 e. The van der Waals surface area contributed by atoms with E-state index in [9.17, 15) is 4.79 Å². The molecule has 124 valence electrons. The number of rotatable bonds is 6. The summed E-state index contributed by atoms with van der Waals surface area (Å²) in [5.74, 6) is 0.515. The van der Waals surface area contributed by atoms with Crippen LogP contribution < -0.4 is 5.73 Å². The quantitative estimate of drug-likeness (QED) is 0.816. The lowest BCUT2D eigenvalue weighted by molar-refractivity contribution is -0.142. The van der Waals surface area contributed by atoms with Crippen molar-refractivity contribution in [3.8, 4) is 0 Å². The van der Waals surface area contributed by atoms with Gasteiger partial charge in [0.1, 0.15) is 6.04 Å². The summed E-state index contributed by atoms with van der Waals surface area (Å²) in [6.45, 7) is 11.0. The molecule has 0 aliphatic carbocycles. The molecule has 0 fully saturated rings. The Morgan fingerprint density at radius 1 is 1.18 bits per heavy atom. The minimum absolute atomic E-state index is 0.170. The molecular formula is C19H31NO2. The summed E-state index contributed by atoms with van der Waals surface area (Å²) in [6, 6.07) is 8.25. The van der Waals surface area contributed by atoms with Crippen LogP contribution in [0.4, 0.5) is 0 Å². The lowest BCUT2D eigenvalue weighted by atomic mass is 9.82. The van der Waals surface area contributed by atoms with Gasteiger partial charge in [-0.05, 0) is 41.2 Å². The molecule has 0 saturated heterocycles. The van der Waals surface area contributed by atoms with Crippen LogP contribution in [0.5, 0.6) is 0 Å². The van der Waals surface area contributed by atoms with Crippen LogP contribution in [0.2, 0.25) is 0 Å². The second-order valence-electron chi connectivity index (χ2n) is 7.52. The fraction of sp³-hybridized carbons (Fsp3) is 0.632. The van der Waals surface area contributed by atoms with Gasteiger partial charge < -0.3 is 10.5 Å². The highest BCUT2D eigenvalue weighted by Crippen LogP contribution is 2.25. The van der Waals surface area contributed by atoms with Crippen molar-refractivity contribution in [2.24, 2.45) is 17.6 Å². The number of methoxy groups -OCH3 is 1. The van der Waals surface area contributed by atoms with Gasteiger partial charge in [0.25, 0.3) is 0 Å². The highest BCUT2D eigenvalue weighted by Gasteiger charge is 2.23. The number of hydrogen-bond donors (Lipinski definition) is 1. The molecule has 0 saturated carbocycles. The van der Waals surface area contributed by atoms with E-state index in [1.54, 1.807) is 0 Å². The predicted octanol–water partition coefficient (Wildman–Crippen LogP) is 3.69. The summed E-state index contributed by atoms with van der Waals surface area (Å²) < 4.78 is 4.73. The Morgan fingerprint density at radius 2 is 1.73 bits per heavy atom. The summed E-state index contributed by atoms with van der Waals surface area (Å²) in [4.78, 5) is 11.5. The summed E-state index contributed by atoms with van der Waals surface area (Å²) in [6.07, 6.45) is 1.60. The minimum atomic E-state index is -0.536. The zero-order valence-corrected chi connectivity index (χ0v) is 14.8. The molecule has 1 aromatic rings. The molecule has 0 radical (unpaired) electrons. The predicted molar refractivity (Wildman–Crippen MR) is 91.8 cm³/mol. The van der Waals surface area contributed by atoms with E-state index in [1.807, 2.05) is 0 Å². The first-order chi connectivity index (χ1) is 10.1. The number of benzene rings is 1. The Kier molecular flexibility index (Phi) is 6.61. The molecule has 1 aromatic carbocycles. The number of esters is 1. The van der Waals surface area contributed by atoms with E-state index in [-0.39, 0.29) is 11.4 Å². The first kappa shape index (κ1) is 18.7. The lowest BCUT2D eigenvalue weighted by Gasteiger charge is -2.24. The second-order valence-corrected chi connectivity index (χ2v) is 7.52. The van der Waals surface area contributed by atoms with Gasteiger partial charge in [-0.3, -0.25) is 4.79 Å². The first-order valence-corrected chi connectivity index (χ1v) is 8.08. The molecule has 2 N–H and O–H groups in total. The maximum Gasteiger partial charge on any atom is 0.322 e. The number of hydrogen-bond acceptors (Lipinski definition) is 3. The van der Waals surface area contributed by atoms with Crippen molar-refractivity contribution in [2.45, 2.75) is 58.9 Å². The third-order valence-corrected chi connectivity index (χ3v) is 4.32. The normalized spacial score (nSPS) is 14.7. The summed E-state index contributed by atoms with van der Waals surface area (Å²) in [5.41, 5.74) is 8.73. The Morgan fingerprint density at radius 3 is 2.14 bits per heavy atom.